The minimum absolute atomic E-state index is 0. The summed E-state index contributed by atoms with van der Waals surface area (Å²) in [6.45, 7) is 3.88. The van der Waals surface area contributed by atoms with Gasteiger partial charge < -0.3 is 11.1 Å². The van der Waals surface area contributed by atoms with Gasteiger partial charge in [-0.3, -0.25) is 4.79 Å². The van der Waals surface area contributed by atoms with E-state index in [0.29, 0.717) is 17.8 Å². The molecule has 5 nitrogen and oxygen atoms in total. The maximum atomic E-state index is 12.4. The summed E-state index contributed by atoms with van der Waals surface area (Å²) < 4.78 is 24.0. The van der Waals surface area contributed by atoms with Gasteiger partial charge in [0.25, 0.3) is 0 Å². The van der Waals surface area contributed by atoms with Crippen LogP contribution in [0.2, 0.25) is 0 Å². The molecule has 0 bridgehead atoms. The molecule has 0 aromatic heterocycles. The zero-order valence-electron chi connectivity index (χ0n) is 14.2. The fourth-order valence-electron chi connectivity index (χ4n) is 3.04. The molecule has 1 aliphatic rings. The molecule has 0 heterocycles. The van der Waals surface area contributed by atoms with Crippen molar-refractivity contribution in [2.75, 3.05) is 11.9 Å². The molecule has 1 fully saturated rings. The summed E-state index contributed by atoms with van der Waals surface area (Å²) in [4.78, 5) is 12.4. The van der Waals surface area contributed by atoms with Gasteiger partial charge in [0.15, 0.2) is 9.84 Å². The van der Waals surface area contributed by atoms with Crippen LogP contribution >= 0.6 is 12.4 Å². The van der Waals surface area contributed by atoms with Crippen molar-refractivity contribution in [3.63, 3.8) is 0 Å². The molecule has 2 rings (SSSR count). The van der Waals surface area contributed by atoms with Gasteiger partial charge in [0.1, 0.15) is 0 Å². The van der Waals surface area contributed by atoms with Gasteiger partial charge in [0, 0.05) is 11.6 Å². The molecule has 0 unspecified atom stereocenters. The van der Waals surface area contributed by atoms with E-state index < -0.39 is 15.1 Å². The number of benzene rings is 1. The van der Waals surface area contributed by atoms with Gasteiger partial charge in [-0.1, -0.05) is 18.6 Å². The molecular weight excluding hydrogens is 348 g/mol. The van der Waals surface area contributed by atoms with Gasteiger partial charge in [0.2, 0.25) is 5.91 Å². The highest BCUT2D eigenvalue weighted by Crippen LogP contribution is 2.32. The van der Waals surface area contributed by atoms with E-state index in [-0.39, 0.29) is 35.9 Å². The number of hydrogen-bond donors (Lipinski definition) is 2. The van der Waals surface area contributed by atoms with Gasteiger partial charge in [-0.15, -0.1) is 12.4 Å². The van der Waals surface area contributed by atoms with Crippen molar-refractivity contribution < 1.29 is 13.2 Å². The lowest BCUT2D eigenvalue weighted by molar-refractivity contribution is -0.120. The summed E-state index contributed by atoms with van der Waals surface area (Å²) in [6, 6.07) is 7.07. The van der Waals surface area contributed by atoms with E-state index >= 15 is 0 Å². The Kier molecular flexibility index (Phi) is 7.70. The van der Waals surface area contributed by atoms with E-state index in [1.165, 1.54) is 0 Å². The Labute approximate surface area is 150 Å². The van der Waals surface area contributed by atoms with E-state index in [1.807, 2.05) is 0 Å². The fourth-order valence-corrected chi connectivity index (χ4v) is 4.01. The van der Waals surface area contributed by atoms with Crippen LogP contribution in [0.15, 0.2) is 24.3 Å². The number of anilines is 1. The predicted octanol–water partition coefficient (Wildman–Crippen LogP) is 2.75. The Morgan fingerprint density at radius 3 is 2.67 bits per heavy atom. The second-order valence-corrected chi connectivity index (χ2v) is 9.14. The molecule has 0 radical (unpaired) electrons. The summed E-state index contributed by atoms with van der Waals surface area (Å²) in [5, 5.41) is 2.50. The third-order valence-electron chi connectivity index (χ3n) is 4.58. The zero-order chi connectivity index (χ0) is 17.0. The van der Waals surface area contributed by atoms with Crippen LogP contribution in [0.4, 0.5) is 5.69 Å². The van der Waals surface area contributed by atoms with Crippen LogP contribution in [0.25, 0.3) is 0 Å². The first-order valence-corrected chi connectivity index (χ1v) is 9.86. The van der Waals surface area contributed by atoms with Gasteiger partial charge in [-0.05, 0) is 56.8 Å². The largest absolute Gasteiger partial charge is 0.330 e. The molecule has 0 spiro atoms. The number of hydrogen-bond acceptors (Lipinski definition) is 4. The molecule has 1 aromatic carbocycles. The van der Waals surface area contributed by atoms with Gasteiger partial charge in [-0.2, -0.15) is 0 Å². The molecule has 0 aliphatic heterocycles. The summed E-state index contributed by atoms with van der Waals surface area (Å²) >= 11 is 0. The molecule has 1 aliphatic carbocycles. The SMILES string of the molecule is CC(C)S(=O)(=O)Cc1cccc(NC(=O)[C@@H]2CCC[C@@H]2CN)c1.Cl. The maximum Gasteiger partial charge on any atom is 0.227 e. The van der Waals surface area contributed by atoms with Gasteiger partial charge in [-0.25, -0.2) is 8.42 Å². The number of nitrogens with one attached hydrogen (secondary N) is 1. The monoisotopic (exact) mass is 374 g/mol. The minimum Gasteiger partial charge on any atom is -0.330 e. The Bertz CT molecular complexity index is 662. The molecule has 0 saturated heterocycles. The molecule has 136 valence electrons. The van der Waals surface area contributed by atoms with Crippen molar-refractivity contribution in [1.29, 1.82) is 0 Å². The lowest BCUT2D eigenvalue weighted by atomic mass is 9.95. The van der Waals surface area contributed by atoms with Crippen molar-refractivity contribution in [2.24, 2.45) is 17.6 Å². The highest BCUT2D eigenvalue weighted by molar-refractivity contribution is 7.91. The van der Waals surface area contributed by atoms with E-state index in [0.717, 1.165) is 19.3 Å². The maximum absolute atomic E-state index is 12.4. The quantitative estimate of drug-likeness (QED) is 0.801. The third kappa shape index (κ3) is 5.19. The molecule has 3 N–H and O–H groups in total. The van der Waals surface area contributed by atoms with E-state index in [1.54, 1.807) is 38.1 Å². The Hall–Kier alpha value is -1.11. The van der Waals surface area contributed by atoms with Gasteiger partial charge >= 0.3 is 0 Å². The first kappa shape index (κ1) is 20.9. The first-order chi connectivity index (χ1) is 10.8. The smallest absolute Gasteiger partial charge is 0.227 e. The lowest BCUT2D eigenvalue weighted by Gasteiger charge is -2.17. The molecule has 1 aromatic rings. The topological polar surface area (TPSA) is 89.3 Å². The molecule has 24 heavy (non-hydrogen) atoms. The van der Waals surface area contributed by atoms with Crippen LogP contribution < -0.4 is 11.1 Å². The summed E-state index contributed by atoms with van der Waals surface area (Å²) in [5.74, 6) is 0.188. The Morgan fingerprint density at radius 1 is 1.33 bits per heavy atom. The minimum atomic E-state index is -3.15. The zero-order valence-corrected chi connectivity index (χ0v) is 15.8. The number of carbonyl (C=O) groups excluding carboxylic acids is 1. The number of nitrogens with two attached hydrogens (primary N) is 1. The molecule has 2 atom stereocenters. The van der Waals surface area contributed by atoms with Crippen molar-refractivity contribution in [1.82, 2.24) is 0 Å². The van der Waals surface area contributed by atoms with Crippen molar-refractivity contribution in [3.05, 3.63) is 29.8 Å². The average molecular weight is 375 g/mol. The lowest BCUT2D eigenvalue weighted by Crippen LogP contribution is -2.29. The van der Waals surface area contributed by atoms with E-state index in [4.69, 9.17) is 5.73 Å². The normalized spacial score (nSPS) is 20.7. The standard InChI is InChI=1S/C17H26N2O3S.ClH/c1-12(2)23(21,22)11-13-5-3-7-15(9-13)19-17(20)16-8-4-6-14(16)10-18;/h3,5,7,9,12,14,16H,4,6,8,10-11,18H2,1-2H3,(H,19,20);1H/t14-,16-;/m1./s1. The van der Waals surface area contributed by atoms with Crippen LogP contribution in [0, 0.1) is 11.8 Å². The van der Waals surface area contributed by atoms with Crippen LogP contribution in [-0.4, -0.2) is 26.1 Å². The second kappa shape index (κ2) is 8.83. The predicted molar refractivity (Wildman–Crippen MR) is 100.0 cm³/mol. The molecule has 1 saturated carbocycles. The van der Waals surface area contributed by atoms with Crippen molar-refractivity contribution >= 4 is 33.8 Å². The molecule has 7 heteroatoms. The van der Waals surface area contributed by atoms with Crippen LogP contribution in [0.5, 0.6) is 0 Å². The van der Waals surface area contributed by atoms with Crippen LogP contribution in [-0.2, 0) is 20.4 Å². The number of sulfone groups is 1. The second-order valence-electron chi connectivity index (χ2n) is 6.58. The summed E-state index contributed by atoms with van der Waals surface area (Å²) in [7, 11) is -3.15. The van der Waals surface area contributed by atoms with Crippen LogP contribution in [0.3, 0.4) is 0 Å². The van der Waals surface area contributed by atoms with Crippen molar-refractivity contribution in [3.8, 4) is 0 Å². The highest BCUT2D eigenvalue weighted by atomic mass is 35.5. The fraction of sp³-hybridized carbons (Fsp3) is 0.588. The number of carbonyl (C=O) groups is 1. The average Bonchev–Trinajstić information content (AvgIpc) is 2.95. The Balaban J connectivity index is 0.00000288. The van der Waals surface area contributed by atoms with E-state index in [9.17, 15) is 13.2 Å². The van der Waals surface area contributed by atoms with Crippen LogP contribution in [0.1, 0.15) is 38.7 Å². The van der Waals surface area contributed by atoms with Crippen molar-refractivity contribution in [2.45, 2.75) is 44.1 Å². The number of halogens is 1. The Morgan fingerprint density at radius 2 is 2.04 bits per heavy atom. The molecule has 1 amide bonds. The number of rotatable bonds is 6. The number of amides is 1. The van der Waals surface area contributed by atoms with E-state index in [2.05, 4.69) is 5.32 Å². The van der Waals surface area contributed by atoms with Gasteiger partial charge in [0.05, 0.1) is 11.0 Å². The third-order valence-corrected chi connectivity index (χ3v) is 6.75. The first-order valence-electron chi connectivity index (χ1n) is 8.15. The molecular formula is C17H27ClN2O3S. The summed E-state index contributed by atoms with van der Waals surface area (Å²) in [6.07, 6.45) is 2.91. The summed E-state index contributed by atoms with van der Waals surface area (Å²) in [5.41, 5.74) is 7.07. The highest BCUT2D eigenvalue weighted by Gasteiger charge is 2.31.